The van der Waals surface area contributed by atoms with E-state index in [1.54, 1.807) is 12.1 Å². The number of aldehydes is 1. The summed E-state index contributed by atoms with van der Waals surface area (Å²) >= 11 is 0. The number of carbonyl (C=O) groups is 2. The molecule has 1 amide bonds. The van der Waals surface area contributed by atoms with Gasteiger partial charge in [-0.15, -0.1) is 0 Å². The van der Waals surface area contributed by atoms with Crippen LogP contribution >= 0.6 is 0 Å². The molecule has 2 heterocycles. The molecule has 1 aliphatic carbocycles. The van der Waals surface area contributed by atoms with Crippen LogP contribution in [0, 0.1) is 5.92 Å². The molecule has 0 spiro atoms. The molecule has 7 nitrogen and oxygen atoms in total. The number of fused-ring (bicyclic) bond motifs is 1. The van der Waals surface area contributed by atoms with Crippen molar-refractivity contribution in [3.63, 3.8) is 0 Å². The van der Waals surface area contributed by atoms with Gasteiger partial charge in [-0.3, -0.25) is 4.79 Å². The topological polar surface area (TPSA) is 103 Å². The van der Waals surface area contributed by atoms with Crippen LogP contribution in [0.3, 0.4) is 0 Å². The molecular formula is C18H23N3O4. The Morgan fingerprint density at radius 1 is 1.40 bits per heavy atom. The molecule has 1 aromatic rings. The summed E-state index contributed by atoms with van der Waals surface area (Å²) in [6, 6.07) is 3.27. The van der Waals surface area contributed by atoms with Crippen LogP contribution in [-0.4, -0.2) is 46.2 Å². The summed E-state index contributed by atoms with van der Waals surface area (Å²) in [5.74, 6) is 0.138. The first kappa shape index (κ1) is 17.4. The standard InChI is InChI=1S/C18H23N3O4/c1-11-4-6-12(7-5-11)20-17(24)14-15(23)13-3-2-8-19-16(13)21(9-10-22)18(14)25/h2-3,8,10-12,18,23,25H,4-7,9H2,1H3,(H,20,24). The van der Waals surface area contributed by atoms with Crippen molar-refractivity contribution < 1.29 is 19.8 Å². The van der Waals surface area contributed by atoms with E-state index in [1.807, 2.05) is 0 Å². The first-order valence-corrected chi connectivity index (χ1v) is 8.60. The van der Waals surface area contributed by atoms with Gasteiger partial charge in [0.15, 0.2) is 6.23 Å². The third-order valence-electron chi connectivity index (χ3n) is 4.99. The minimum Gasteiger partial charge on any atom is -0.507 e. The number of nitrogens with zero attached hydrogens (tertiary/aromatic N) is 2. The Morgan fingerprint density at radius 3 is 2.80 bits per heavy atom. The van der Waals surface area contributed by atoms with E-state index >= 15 is 0 Å². The zero-order chi connectivity index (χ0) is 18.0. The highest BCUT2D eigenvalue weighted by molar-refractivity contribution is 6.03. The molecule has 1 saturated carbocycles. The van der Waals surface area contributed by atoms with E-state index in [2.05, 4.69) is 17.2 Å². The highest BCUT2D eigenvalue weighted by Crippen LogP contribution is 2.34. The Balaban J connectivity index is 1.88. The molecule has 1 unspecified atom stereocenters. The number of aromatic nitrogens is 1. The lowest BCUT2D eigenvalue weighted by Gasteiger charge is -2.35. The number of amides is 1. The Hall–Kier alpha value is -2.41. The number of aliphatic hydroxyl groups excluding tert-OH is 2. The van der Waals surface area contributed by atoms with Gasteiger partial charge in [0.2, 0.25) is 0 Å². The number of aliphatic hydroxyl groups is 2. The molecule has 1 aliphatic heterocycles. The van der Waals surface area contributed by atoms with Gasteiger partial charge < -0.3 is 25.2 Å². The quantitative estimate of drug-likeness (QED) is 0.713. The van der Waals surface area contributed by atoms with Crippen LogP contribution in [0.4, 0.5) is 5.82 Å². The van der Waals surface area contributed by atoms with E-state index in [9.17, 15) is 19.8 Å². The van der Waals surface area contributed by atoms with Crippen molar-refractivity contribution in [1.82, 2.24) is 10.3 Å². The van der Waals surface area contributed by atoms with Crippen LogP contribution < -0.4 is 10.2 Å². The number of hydrogen-bond acceptors (Lipinski definition) is 6. The number of anilines is 1. The molecule has 3 rings (SSSR count). The number of nitrogens with one attached hydrogen (secondary N) is 1. The Kier molecular flexibility index (Phi) is 5.03. The predicted octanol–water partition coefficient (Wildman–Crippen LogP) is 1.38. The third kappa shape index (κ3) is 3.37. The maximum absolute atomic E-state index is 12.7. The Labute approximate surface area is 146 Å². The summed E-state index contributed by atoms with van der Waals surface area (Å²) < 4.78 is 0. The summed E-state index contributed by atoms with van der Waals surface area (Å²) in [6.45, 7) is 2.06. The van der Waals surface area contributed by atoms with Crippen LogP contribution in [0.25, 0.3) is 5.76 Å². The first-order valence-electron chi connectivity index (χ1n) is 8.60. The summed E-state index contributed by atoms with van der Waals surface area (Å²) in [5.41, 5.74) is 0.193. The lowest BCUT2D eigenvalue weighted by molar-refractivity contribution is -0.119. The fourth-order valence-electron chi connectivity index (χ4n) is 3.51. The van der Waals surface area contributed by atoms with E-state index in [0.717, 1.165) is 25.7 Å². The number of rotatable bonds is 4. The van der Waals surface area contributed by atoms with Gasteiger partial charge in [0, 0.05) is 12.2 Å². The Bertz CT molecular complexity index is 695. The lowest BCUT2D eigenvalue weighted by atomic mass is 9.87. The van der Waals surface area contributed by atoms with Gasteiger partial charge in [0.05, 0.1) is 12.1 Å². The van der Waals surface area contributed by atoms with Gasteiger partial charge in [-0.2, -0.15) is 0 Å². The van der Waals surface area contributed by atoms with Crippen LogP contribution in [0.1, 0.15) is 38.2 Å². The van der Waals surface area contributed by atoms with Crippen LogP contribution in [0.2, 0.25) is 0 Å². The van der Waals surface area contributed by atoms with E-state index in [-0.39, 0.29) is 29.7 Å². The molecule has 134 valence electrons. The second-order valence-corrected chi connectivity index (χ2v) is 6.76. The highest BCUT2D eigenvalue weighted by atomic mass is 16.3. The normalized spacial score (nSPS) is 26.2. The summed E-state index contributed by atoms with van der Waals surface area (Å²) in [7, 11) is 0. The number of pyridine rings is 1. The molecule has 7 heteroatoms. The molecule has 1 fully saturated rings. The SMILES string of the molecule is CC1CCC(NC(=O)C2=C(O)c3cccnc3N(CC=O)C2O)CC1. The summed E-state index contributed by atoms with van der Waals surface area (Å²) in [5, 5.41) is 24.0. The average molecular weight is 345 g/mol. The predicted molar refractivity (Wildman–Crippen MR) is 92.8 cm³/mol. The van der Waals surface area contributed by atoms with Gasteiger partial charge in [-0.25, -0.2) is 4.98 Å². The van der Waals surface area contributed by atoms with Gasteiger partial charge in [0.25, 0.3) is 5.91 Å². The molecule has 3 N–H and O–H groups in total. The second-order valence-electron chi connectivity index (χ2n) is 6.76. The van der Waals surface area contributed by atoms with E-state index in [4.69, 9.17) is 0 Å². The van der Waals surface area contributed by atoms with E-state index in [1.165, 1.54) is 11.1 Å². The van der Waals surface area contributed by atoms with Crippen molar-refractivity contribution in [3.05, 3.63) is 29.5 Å². The van der Waals surface area contributed by atoms with E-state index < -0.39 is 12.1 Å². The summed E-state index contributed by atoms with van der Waals surface area (Å²) in [6.07, 6.45) is 4.56. The van der Waals surface area contributed by atoms with Crippen molar-refractivity contribution >= 4 is 23.8 Å². The fourth-order valence-corrected chi connectivity index (χ4v) is 3.51. The van der Waals surface area contributed by atoms with E-state index in [0.29, 0.717) is 17.8 Å². The first-order chi connectivity index (χ1) is 12.0. The maximum atomic E-state index is 12.7. The minimum absolute atomic E-state index is 0.0333. The van der Waals surface area contributed by atoms with Gasteiger partial charge in [-0.05, 0) is 43.7 Å². The summed E-state index contributed by atoms with van der Waals surface area (Å²) in [4.78, 5) is 29.1. The monoisotopic (exact) mass is 345 g/mol. The van der Waals surface area contributed by atoms with Gasteiger partial charge >= 0.3 is 0 Å². The van der Waals surface area contributed by atoms with Crippen molar-refractivity contribution in [3.8, 4) is 0 Å². The van der Waals surface area contributed by atoms with Crippen LogP contribution in [0.5, 0.6) is 0 Å². The zero-order valence-corrected chi connectivity index (χ0v) is 14.2. The maximum Gasteiger partial charge on any atom is 0.255 e. The van der Waals surface area contributed by atoms with Crippen LogP contribution in [0.15, 0.2) is 23.9 Å². The van der Waals surface area contributed by atoms with Gasteiger partial charge in [-0.1, -0.05) is 6.92 Å². The van der Waals surface area contributed by atoms with Crippen molar-refractivity contribution in [2.75, 3.05) is 11.4 Å². The second kappa shape index (κ2) is 7.23. The zero-order valence-electron chi connectivity index (χ0n) is 14.2. The molecule has 1 atom stereocenters. The van der Waals surface area contributed by atoms with Gasteiger partial charge in [0.1, 0.15) is 23.4 Å². The lowest BCUT2D eigenvalue weighted by Crippen LogP contribution is -2.48. The molecule has 1 aromatic heterocycles. The van der Waals surface area contributed by atoms with Crippen molar-refractivity contribution in [2.24, 2.45) is 5.92 Å². The number of hydrogen-bond donors (Lipinski definition) is 3. The largest absolute Gasteiger partial charge is 0.507 e. The van der Waals surface area contributed by atoms with Crippen molar-refractivity contribution in [1.29, 1.82) is 0 Å². The molecule has 0 bridgehead atoms. The van der Waals surface area contributed by atoms with Crippen LogP contribution in [-0.2, 0) is 9.59 Å². The molecular weight excluding hydrogens is 322 g/mol. The molecule has 0 radical (unpaired) electrons. The average Bonchev–Trinajstić information content (AvgIpc) is 2.61. The molecule has 25 heavy (non-hydrogen) atoms. The molecule has 2 aliphatic rings. The smallest absolute Gasteiger partial charge is 0.255 e. The number of carbonyl (C=O) groups excluding carboxylic acids is 2. The Morgan fingerprint density at radius 2 is 2.12 bits per heavy atom. The fraction of sp³-hybridized carbons (Fsp3) is 0.500. The molecule has 0 aromatic carbocycles. The minimum atomic E-state index is -1.42. The third-order valence-corrected chi connectivity index (χ3v) is 4.99. The highest BCUT2D eigenvalue weighted by Gasteiger charge is 2.37. The molecule has 0 saturated heterocycles. The van der Waals surface area contributed by atoms with Crippen molar-refractivity contribution in [2.45, 2.75) is 44.9 Å².